The number of ether oxygens (including phenoxy) is 2. The van der Waals surface area contributed by atoms with Crippen LogP contribution in [0.1, 0.15) is 22.3 Å². The van der Waals surface area contributed by atoms with Gasteiger partial charge in [-0.15, -0.1) is 0 Å². The van der Waals surface area contributed by atoms with Crippen molar-refractivity contribution in [1.82, 2.24) is 48.0 Å². The van der Waals surface area contributed by atoms with Gasteiger partial charge in [0.25, 0.3) is 11.1 Å². The molecule has 364 valence electrons. The van der Waals surface area contributed by atoms with Crippen molar-refractivity contribution in [2.75, 3.05) is 63.3 Å². The van der Waals surface area contributed by atoms with Crippen molar-refractivity contribution in [3.8, 4) is 11.5 Å². The highest BCUT2D eigenvalue weighted by atomic mass is 16.5. The molecule has 0 aliphatic carbocycles. The molecule has 4 aromatic heterocycles. The smallest absolute Gasteiger partial charge is 0.332 e. The largest absolute Gasteiger partial charge is 0.497 e. The molecule has 2 aliphatic heterocycles. The van der Waals surface area contributed by atoms with Gasteiger partial charge in [-0.05, 0) is 53.3 Å². The first-order chi connectivity index (χ1) is 33.9. The number of hydrogen-bond donors (Lipinski definition) is 2. The summed E-state index contributed by atoms with van der Waals surface area (Å²) in [5, 5.41) is 7.22. The van der Waals surface area contributed by atoms with Crippen LogP contribution in [0.15, 0.2) is 128 Å². The zero-order valence-electron chi connectivity index (χ0n) is 40.5. The number of nitrogens with zero attached hydrogens (tertiary/aromatic N) is 10. The van der Waals surface area contributed by atoms with Gasteiger partial charge >= 0.3 is 11.4 Å². The molecule has 70 heavy (non-hydrogen) atoms. The maximum Gasteiger partial charge on any atom is 0.332 e. The first kappa shape index (κ1) is 47.4. The molecule has 10 rings (SSSR count). The minimum atomic E-state index is -0.382. The van der Waals surface area contributed by atoms with Gasteiger partial charge in [-0.2, -0.15) is 9.97 Å². The monoisotopic (exact) mass is 948 g/mol. The molecule has 2 fully saturated rings. The Balaban J connectivity index is 0.000000174. The SMILES string of the molecule is COc1ccc(C[C@@H]2CN(c3nc4c(c(=O)n(C)c(=O)n4C)n3Cc3ccccc3)CCN2)cc1.COc1ccccc1CC1CN(c2nc3c(c(=O)n(C)c(=O)n3C)n2Cc2ccccc2)CCN1. The fraction of sp³-hybridized carbons (Fsp3) is 0.346. The molecule has 2 aliphatic rings. The second kappa shape index (κ2) is 20.5. The van der Waals surface area contributed by atoms with E-state index in [2.05, 4.69) is 38.6 Å². The highest BCUT2D eigenvalue weighted by molar-refractivity contribution is 5.76. The van der Waals surface area contributed by atoms with Crippen molar-refractivity contribution < 1.29 is 9.47 Å². The lowest BCUT2D eigenvalue weighted by atomic mass is 10.0. The molecule has 18 nitrogen and oxygen atoms in total. The lowest BCUT2D eigenvalue weighted by molar-refractivity contribution is 0.399. The molecule has 4 aromatic carbocycles. The molecule has 0 saturated carbocycles. The fourth-order valence-electron chi connectivity index (χ4n) is 9.66. The normalized spacial score (nSPS) is 16.1. The van der Waals surface area contributed by atoms with Crippen molar-refractivity contribution >= 4 is 34.2 Å². The topological polar surface area (TPSA) is 173 Å². The second-order valence-corrected chi connectivity index (χ2v) is 18.0. The van der Waals surface area contributed by atoms with E-state index in [1.54, 1.807) is 28.3 Å². The second-order valence-electron chi connectivity index (χ2n) is 18.0. The van der Waals surface area contributed by atoms with Crippen LogP contribution in [0, 0.1) is 0 Å². The standard InChI is InChI=1S/2C26H30N6O3/c1-29-23-22(24(33)30(2)26(29)34)32(16-18-9-5-4-6-10-18)25(28-23)31-14-13-27-20(17-31)15-19-11-7-8-12-21(19)35-3;1-29-23-22(24(33)30(2)26(29)34)32(16-19-7-5-4-6-8-19)25(28-23)31-14-13-27-20(17-31)15-18-9-11-21(35-3)12-10-18/h2*4-12,20,27H,13-17H2,1-3H3/t;20-/m.1/s1. The van der Waals surface area contributed by atoms with Crippen LogP contribution in [-0.4, -0.2) is 103 Å². The predicted molar refractivity (Wildman–Crippen MR) is 273 cm³/mol. The van der Waals surface area contributed by atoms with E-state index in [1.165, 1.54) is 28.8 Å². The maximum absolute atomic E-state index is 13.2. The Kier molecular flexibility index (Phi) is 13.9. The van der Waals surface area contributed by atoms with Crippen LogP contribution in [0.4, 0.5) is 11.9 Å². The highest BCUT2D eigenvalue weighted by Gasteiger charge is 2.29. The van der Waals surface area contributed by atoms with E-state index < -0.39 is 0 Å². The summed E-state index contributed by atoms with van der Waals surface area (Å²) in [6.07, 6.45) is 1.67. The molecule has 8 aromatic rings. The minimum Gasteiger partial charge on any atom is -0.497 e. The molecule has 1 unspecified atom stereocenters. The summed E-state index contributed by atoms with van der Waals surface area (Å²) >= 11 is 0. The molecular weight excluding hydrogens is 889 g/mol. The Morgan fingerprint density at radius 3 is 1.46 bits per heavy atom. The number of fused-ring (bicyclic) bond motifs is 2. The zero-order chi connectivity index (χ0) is 49.1. The molecule has 0 radical (unpaired) electrons. The van der Waals surface area contributed by atoms with Crippen LogP contribution in [0.2, 0.25) is 0 Å². The number of imidazole rings is 2. The number of anilines is 2. The lowest BCUT2D eigenvalue weighted by Crippen LogP contribution is -2.52. The Bertz CT molecular complexity index is 3370. The van der Waals surface area contributed by atoms with Crippen LogP contribution in [-0.2, 0) is 54.1 Å². The number of hydrogen-bond acceptors (Lipinski definition) is 12. The highest BCUT2D eigenvalue weighted by Crippen LogP contribution is 2.26. The van der Waals surface area contributed by atoms with Crippen LogP contribution in [0.5, 0.6) is 11.5 Å². The van der Waals surface area contributed by atoms with Gasteiger partial charge in [-0.1, -0.05) is 91.0 Å². The maximum atomic E-state index is 13.2. The third-order valence-corrected chi connectivity index (χ3v) is 13.4. The van der Waals surface area contributed by atoms with Crippen molar-refractivity contribution in [3.63, 3.8) is 0 Å². The predicted octanol–water partition coefficient (Wildman–Crippen LogP) is 3.02. The lowest BCUT2D eigenvalue weighted by Gasteiger charge is -2.35. The van der Waals surface area contributed by atoms with Crippen molar-refractivity contribution in [2.24, 2.45) is 28.2 Å². The number of piperazine rings is 2. The summed E-state index contributed by atoms with van der Waals surface area (Å²) in [4.78, 5) is 65.8. The van der Waals surface area contributed by atoms with Crippen molar-refractivity contribution in [1.29, 1.82) is 0 Å². The Hall–Kier alpha value is -7.70. The molecule has 2 atom stereocenters. The number of benzene rings is 4. The third-order valence-electron chi connectivity index (χ3n) is 13.4. The van der Waals surface area contributed by atoms with Crippen molar-refractivity contribution in [2.45, 2.75) is 38.0 Å². The van der Waals surface area contributed by atoms with E-state index in [0.29, 0.717) is 53.9 Å². The number of methoxy groups -OCH3 is 2. The third kappa shape index (κ3) is 9.51. The van der Waals surface area contributed by atoms with E-state index in [1.807, 2.05) is 100 Å². The quantitative estimate of drug-likeness (QED) is 0.184. The Morgan fingerprint density at radius 1 is 0.529 bits per heavy atom. The van der Waals surface area contributed by atoms with E-state index in [0.717, 1.165) is 82.9 Å². The molecule has 0 spiro atoms. The van der Waals surface area contributed by atoms with Crippen LogP contribution >= 0.6 is 0 Å². The summed E-state index contributed by atoms with van der Waals surface area (Å²) in [5.74, 6) is 3.13. The Morgan fingerprint density at radius 2 is 0.986 bits per heavy atom. The van der Waals surface area contributed by atoms with Gasteiger partial charge in [0.1, 0.15) is 11.5 Å². The first-order valence-corrected chi connectivity index (χ1v) is 23.6. The summed E-state index contributed by atoms with van der Waals surface area (Å²) in [6.45, 7) is 5.51. The number of aryl methyl sites for hydroxylation is 2. The molecule has 2 N–H and O–H groups in total. The van der Waals surface area contributed by atoms with Gasteiger partial charge in [0, 0.05) is 79.5 Å². The molecule has 2 saturated heterocycles. The number of nitrogens with one attached hydrogen (secondary N) is 2. The summed E-state index contributed by atoms with van der Waals surface area (Å²) < 4.78 is 20.0. The zero-order valence-corrected chi connectivity index (χ0v) is 40.5. The fourth-order valence-corrected chi connectivity index (χ4v) is 9.66. The minimum absolute atomic E-state index is 0.177. The van der Waals surface area contributed by atoms with Gasteiger partial charge in [0.15, 0.2) is 22.3 Å². The molecule has 0 bridgehead atoms. The average Bonchev–Trinajstić information content (AvgIpc) is 3.96. The van der Waals surface area contributed by atoms with Gasteiger partial charge < -0.3 is 29.9 Å². The summed E-state index contributed by atoms with van der Waals surface area (Å²) in [5.41, 5.74) is 4.76. The van der Waals surface area contributed by atoms with Crippen LogP contribution in [0.3, 0.4) is 0 Å². The average molecular weight is 949 g/mol. The molecule has 18 heteroatoms. The van der Waals surface area contributed by atoms with E-state index in [-0.39, 0.29) is 34.6 Å². The van der Waals surface area contributed by atoms with Gasteiger partial charge in [0.2, 0.25) is 11.9 Å². The molecule has 6 heterocycles. The first-order valence-electron chi connectivity index (χ1n) is 23.6. The molecular formula is C52H60N12O6. The van der Waals surface area contributed by atoms with E-state index >= 15 is 0 Å². The van der Waals surface area contributed by atoms with Crippen molar-refractivity contribution in [3.05, 3.63) is 173 Å². The van der Waals surface area contributed by atoms with Gasteiger partial charge in [-0.3, -0.25) is 37.0 Å². The summed E-state index contributed by atoms with van der Waals surface area (Å²) in [6, 6.07) is 36.6. The van der Waals surface area contributed by atoms with Crippen LogP contribution < -0.4 is 52.4 Å². The van der Waals surface area contributed by atoms with Gasteiger partial charge in [0.05, 0.1) is 27.3 Å². The number of aromatic nitrogens is 8. The molecule has 0 amide bonds. The van der Waals surface area contributed by atoms with Gasteiger partial charge in [-0.25, -0.2) is 9.59 Å². The Labute approximate surface area is 404 Å². The number of para-hydroxylation sites is 1. The van der Waals surface area contributed by atoms with Crippen LogP contribution in [0.25, 0.3) is 22.3 Å². The van der Waals surface area contributed by atoms with E-state index in [4.69, 9.17) is 19.4 Å². The number of rotatable bonds is 12. The summed E-state index contributed by atoms with van der Waals surface area (Å²) in [7, 11) is 9.71. The van der Waals surface area contributed by atoms with E-state index in [9.17, 15) is 19.2 Å².